The lowest BCUT2D eigenvalue weighted by Gasteiger charge is -2.61. The maximum atomic E-state index is 10.8. The molecule has 2 heteroatoms. The zero-order valence-electron chi connectivity index (χ0n) is 19.6. The van der Waals surface area contributed by atoms with Crippen LogP contribution in [0.1, 0.15) is 85.3 Å². The Morgan fingerprint density at radius 3 is 2.57 bits per heavy atom. The van der Waals surface area contributed by atoms with Crippen molar-refractivity contribution in [3.63, 3.8) is 0 Å². The summed E-state index contributed by atoms with van der Waals surface area (Å²) in [6, 6.07) is 0. The average molecular weight is 326 g/mol. The molecule has 2 nitrogen and oxygen atoms in total. The van der Waals surface area contributed by atoms with Crippen LogP contribution in [0.15, 0.2) is 0 Å². The van der Waals surface area contributed by atoms with Crippen LogP contribution in [0.5, 0.6) is 0 Å². The summed E-state index contributed by atoms with van der Waals surface area (Å²) < 4.78 is 40.6. The summed E-state index contributed by atoms with van der Waals surface area (Å²) in [4.78, 5) is 0. The van der Waals surface area contributed by atoms with Gasteiger partial charge in [-0.1, -0.05) is 13.8 Å². The molecular weight excluding hydrogens is 284 g/mol. The fraction of sp³-hybridized carbons (Fsp3) is 1.00. The van der Waals surface area contributed by atoms with E-state index < -0.39 is 24.2 Å². The fourth-order valence-corrected chi connectivity index (χ4v) is 7.44. The molecule has 0 aromatic rings. The molecule has 0 radical (unpaired) electrons. The summed E-state index contributed by atoms with van der Waals surface area (Å²) in [5.74, 6) is 0.0780. The van der Waals surface area contributed by atoms with Crippen molar-refractivity contribution >= 4 is 0 Å². The van der Waals surface area contributed by atoms with Crippen molar-refractivity contribution in [1.82, 2.24) is 0 Å². The highest BCUT2D eigenvalue weighted by Gasteiger charge is 2.60. The monoisotopic (exact) mass is 325 g/mol. The van der Waals surface area contributed by atoms with Gasteiger partial charge in [0.1, 0.15) is 0 Å². The van der Waals surface area contributed by atoms with Gasteiger partial charge in [0, 0.05) is 5.48 Å². The van der Waals surface area contributed by atoms with Crippen LogP contribution in [0.3, 0.4) is 0 Å². The second kappa shape index (κ2) is 5.46. The first-order valence-electron chi connectivity index (χ1n) is 12.2. The second-order valence-corrected chi connectivity index (χ2v) is 9.41. The van der Waals surface area contributed by atoms with Gasteiger partial charge in [0.05, 0.1) is 13.6 Å². The molecule has 4 rings (SSSR count). The molecular formula is C21H36O2. The predicted octanol–water partition coefficient (Wildman–Crippen LogP) is 4.39. The number of aliphatic hydroxyl groups is 2. The topological polar surface area (TPSA) is 40.5 Å². The lowest BCUT2D eigenvalue weighted by molar-refractivity contribution is -0.132. The highest BCUT2D eigenvalue weighted by atomic mass is 16.3. The molecule has 4 saturated carbocycles. The Labute approximate surface area is 149 Å². The van der Waals surface area contributed by atoms with E-state index >= 15 is 0 Å². The van der Waals surface area contributed by atoms with Gasteiger partial charge >= 0.3 is 0 Å². The van der Waals surface area contributed by atoms with Crippen LogP contribution in [0.4, 0.5) is 0 Å². The Balaban J connectivity index is 1.66. The average Bonchev–Trinajstić information content (AvgIpc) is 2.87. The smallest absolute Gasteiger partial charge is 0.0601 e. The van der Waals surface area contributed by atoms with Gasteiger partial charge in [-0.25, -0.2) is 0 Å². The van der Waals surface area contributed by atoms with Crippen molar-refractivity contribution < 1.29 is 17.1 Å². The maximum absolute atomic E-state index is 10.8. The zero-order chi connectivity index (χ0) is 20.8. The van der Waals surface area contributed by atoms with Crippen LogP contribution in [0, 0.1) is 40.4 Å². The van der Waals surface area contributed by atoms with Gasteiger partial charge in [-0.3, -0.25) is 0 Å². The Bertz CT molecular complexity index is 637. The minimum absolute atomic E-state index is 0.173. The van der Waals surface area contributed by atoms with Gasteiger partial charge in [0.25, 0.3) is 0 Å². The van der Waals surface area contributed by atoms with E-state index in [-0.39, 0.29) is 23.9 Å². The molecule has 0 amide bonds. The third-order valence-electron chi connectivity index (χ3n) is 8.71. The van der Waals surface area contributed by atoms with Crippen LogP contribution in [0.2, 0.25) is 0 Å². The molecule has 0 aliphatic heterocycles. The normalized spacial score (nSPS) is 65.6. The third-order valence-corrected chi connectivity index (χ3v) is 8.71. The first-order chi connectivity index (χ1) is 12.8. The summed E-state index contributed by atoms with van der Waals surface area (Å²) in [7, 11) is 0. The van der Waals surface area contributed by atoms with Crippen molar-refractivity contribution in [1.29, 1.82) is 0 Å². The first-order valence-corrected chi connectivity index (χ1v) is 9.68. The van der Waals surface area contributed by atoms with Gasteiger partial charge in [0.15, 0.2) is 0 Å². The number of hydrogen-bond acceptors (Lipinski definition) is 2. The van der Waals surface area contributed by atoms with Crippen molar-refractivity contribution in [2.45, 2.75) is 90.7 Å². The van der Waals surface area contributed by atoms with Crippen molar-refractivity contribution in [2.75, 3.05) is 0 Å². The molecule has 0 bridgehead atoms. The molecule has 0 spiro atoms. The summed E-state index contributed by atoms with van der Waals surface area (Å²) in [6.45, 7) is 1.50. The standard InChI is InChI=1S/C21H36O2/c1-13(22)17-6-7-18-16-5-4-14-12-15(23)8-10-20(14,2)19(16)9-11-21(17,18)3/h13-19,22-23H,4-12H2,1-3H3/t13-,14-,15+,16-,17+,18-,19-,20-,21+/m0/s1/i1D3,13D,17D. The van der Waals surface area contributed by atoms with E-state index in [1.54, 1.807) is 0 Å². The molecule has 9 atom stereocenters. The summed E-state index contributed by atoms with van der Waals surface area (Å²) in [6.07, 6.45) is 4.74. The number of fused-ring (bicyclic) bond motifs is 5. The summed E-state index contributed by atoms with van der Waals surface area (Å²) in [5.41, 5.74) is -0.422. The molecule has 0 heterocycles. The first kappa shape index (κ1) is 11.5. The van der Waals surface area contributed by atoms with Crippen molar-refractivity contribution in [2.24, 2.45) is 40.4 Å². The minimum Gasteiger partial charge on any atom is -0.393 e. The van der Waals surface area contributed by atoms with Crippen LogP contribution in [0.25, 0.3) is 0 Å². The van der Waals surface area contributed by atoms with Crippen molar-refractivity contribution in [3.8, 4) is 0 Å². The molecule has 132 valence electrons. The van der Waals surface area contributed by atoms with E-state index in [0.717, 1.165) is 44.9 Å². The summed E-state index contributed by atoms with van der Waals surface area (Å²) in [5, 5.41) is 20.9. The molecule has 23 heavy (non-hydrogen) atoms. The Kier molecular flexibility index (Phi) is 2.73. The molecule has 4 aliphatic carbocycles. The number of hydrogen-bond donors (Lipinski definition) is 2. The zero-order valence-corrected chi connectivity index (χ0v) is 14.6. The van der Waals surface area contributed by atoms with E-state index in [1.807, 2.05) is 6.92 Å². The van der Waals surface area contributed by atoms with Gasteiger partial charge in [0.2, 0.25) is 0 Å². The second-order valence-electron chi connectivity index (χ2n) is 9.41. The van der Waals surface area contributed by atoms with Crippen LogP contribution in [-0.2, 0) is 0 Å². The molecule has 4 fully saturated rings. The Hall–Kier alpha value is -0.0800. The van der Waals surface area contributed by atoms with Crippen LogP contribution < -0.4 is 0 Å². The Morgan fingerprint density at radius 1 is 1.04 bits per heavy atom. The minimum atomic E-state index is -2.88. The van der Waals surface area contributed by atoms with Gasteiger partial charge in [-0.2, -0.15) is 0 Å². The molecule has 2 N–H and O–H groups in total. The number of aliphatic hydroxyl groups excluding tert-OH is 1. The molecule has 4 aliphatic rings. The fourth-order valence-electron chi connectivity index (χ4n) is 7.44. The van der Waals surface area contributed by atoms with E-state index in [9.17, 15) is 10.2 Å². The van der Waals surface area contributed by atoms with Crippen LogP contribution >= 0.6 is 0 Å². The largest absolute Gasteiger partial charge is 0.393 e. The maximum Gasteiger partial charge on any atom is 0.0601 e. The van der Waals surface area contributed by atoms with E-state index in [4.69, 9.17) is 6.85 Å². The lowest BCUT2D eigenvalue weighted by Crippen LogP contribution is -2.54. The van der Waals surface area contributed by atoms with E-state index in [2.05, 4.69) is 6.92 Å². The quantitative estimate of drug-likeness (QED) is 0.751. The van der Waals surface area contributed by atoms with Crippen molar-refractivity contribution in [3.05, 3.63) is 0 Å². The highest BCUT2D eigenvalue weighted by molar-refractivity contribution is 5.09. The van der Waals surface area contributed by atoms with Crippen LogP contribution in [-0.4, -0.2) is 22.4 Å². The van der Waals surface area contributed by atoms with Gasteiger partial charge < -0.3 is 10.2 Å². The van der Waals surface area contributed by atoms with E-state index in [0.29, 0.717) is 24.2 Å². The Morgan fingerprint density at radius 2 is 1.78 bits per heavy atom. The highest BCUT2D eigenvalue weighted by Crippen LogP contribution is 2.67. The molecule has 0 unspecified atom stereocenters. The lowest BCUT2D eigenvalue weighted by atomic mass is 9.44. The van der Waals surface area contributed by atoms with E-state index in [1.165, 1.54) is 0 Å². The molecule has 0 saturated heterocycles. The summed E-state index contributed by atoms with van der Waals surface area (Å²) >= 11 is 0. The molecule has 0 aromatic carbocycles. The third kappa shape index (κ3) is 2.27. The van der Waals surface area contributed by atoms with Gasteiger partial charge in [-0.05, 0) is 105 Å². The number of rotatable bonds is 1. The SMILES string of the molecule is [2H]C([2H])([2H])[C@]([2H])(O)[C@@]1([2H])CC[C@H]2[C@@H]3CC[C@H]4C[C@H](O)CC[C@]4(C)[C@H]3CC[C@@]21C. The molecule has 0 aromatic heterocycles. The van der Waals surface area contributed by atoms with Gasteiger partial charge in [-0.15, -0.1) is 0 Å². The predicted molar refractivity (Wildman–Crippen MR) is 92.9 cm³/mol.